The van der Waals surface area contributed by atoms with E-state index in [1.54, 1.807) is 21.0 Å². The van der Waals surface area contributed by atoms with Crippen LogP contribution in [0.25, 0.3) is 0 Å². The predicted molar refractivity (Wildman–Crippen MR) is 73.7 cm³/mol. The number of nitrogens with one attached hydrogen (secondary N) is 2. The van der Waals surface area contributed by atoms with Crippen molar-refractivity contribution < 1.29 is 14.3 Å². The van der Waals surface area contributed by atoms with Crippen LogP contribution < -0.4 is 10.6 Å². The maximum atomic E-state index is 12.2. The molecule has 5 heteroatoms. The first kappa shape index (κ1) is 16.0. The summed E-state index contributed by atoms with van der Waals surface area (Å²) < 4.78 is 4.91. The molecular formula is C14H26N2O3. The van der Waals surface area contributed by atoms with Crippen LogP contribution in [0.2, 0.25) is 0 Å². The van der Waals surface area contributed by atoms with Crippen molar-refractivity contribution in [2.45, 2.75) is 52.0 Å². The van der Waals surface area contributed by atoms with E-state index in [4.69, 9.17) is 4.74 Å². The molecule has 0 aromatic heterocycles. The highest BCUT2D eigenvalue weighted by Crippen LogP contribution is 2.21. The van der Waals surface area contributed by atoms with Crippen LogP contribution in [0.4, 0.5) is 0 Å². The van der Waals surface area contributed by atoms with E-state index in [9.17, 15) is 9.59 Å². The molecular weight excluding hydrogens is 244 g/mol. The second kappa shape index (κ2) is 7.48. The SMILES string of the molecule is COCCCNC(=O)C(C)(C)C(=O)NC1CCCC1. The molecule has 0 unspecified atom stereocenters. The first-order valence-electron chi connectivity index (χ1n) is 7.06. The summed E-state index contributed by atoms with van der Waals surface area (Å²) in [6, 6.07) is 0.244. The van der Waals surface area contributed by atoms with Gasteiger partial charge in [0.05, 0.1) is 0 Å². The van der Waals surface area contributed by atoms with Crippen LogP contribution >= 0.6 is 0 Å². The zero-order chi connectivity index (χ0) is 14.3. The molecule has 1 fully saturated rings. The molecule has 1 aliphatic carbocycles. The Morgan fingerprint density at radius 1 is 1.21 bits per heavy atom. The molecule has 1 saturated carbocycles. The third kappa shape index (κ3) is 4.82. The van der Waals surface area contributed by atoms with Crippen molar-refractivity contribution in [3.05, 3.63) is 0 Å². The van der Waals surface area contributed by atoms with Crippen molar-refractivity contribution in [3.8, 4) is 0 Å². The van der Waals surface area contributed by atoms with E-state index < -0.39 is 5.41 Å². The average Bonchev–Trinajstić information content (AvgIpc) is 2.87. The van der Waals surface area contributed by atoms with Crippen LogP contribution in [0.5, 0.6) is 0 Å². The van der Waals surface area contributed by atoms with E-state index in [-0.39, 0.29) is 17.9 Å². The van der Waals surface area contributed by atoms with Crippen molar-refractivity contribution in [1.29, 1.82) is 0 Å². The molecule has 110 valence electrons. The molecule has 0 aromatic rings. The van der Waals surface area contributed by atoms with Gasteiger partial charge in [-0.2, -0.15) is 0 Å². The van der Waals surface area contributed by atoms with Crippen molar-refractivity contribution >= 4 is 11.8 Å². The fourth-order valence-electron chi connectivity index (χ4n) is 2.18. The number of amides is 2. The third-order valence-corrected chi connectivity index (χ3v) is 3.64. The Hall–Kier alpha value is -1.10. The second-order valence-corrected chi connectivity index (χ2v) is 5.68. The molecule has 0 saturated heterocycles. The fourth-order valence-corrected chi connectivity index (χ4v) is 2.18. The van der Waals surface area contributed by atoms with E-state index in [1.165, 1.54) is 0 Å². The molecule has 0 radical (unpaired) electrons. The summed E-state index contributed by atoms with van der Waals surface area (Å²) in [4.78, 5) is 24.2. The smallest absolute Gasteiger partial charge is 0.235 e. The van der Waals surface area contributed by atoms with Crippen LogP contribution in [-0.4, -0.2) is 38.1 Å². The van der Waals surface area contributed by atoms with Gasteiger partial charge in [-0.15, -0.1) is 0 Å². The minimum absolute atomic E-state index is 0.177. The van der Waals surface area contributed by atoms with Crippen molar-refractivity contribution in [2.24, 2.45) is 5.41 Å². The van der Waals surface area contributed by atoms with Gasteiger partial charge in [-0.1, -0.05) is 12.8 Å². The number of hydrogen-bond acceptors (Lipinski definition) is 3. The molecule has 0 bridgehead atoms. The standard InChI is InChI=1S/C14H26N2O3/c1-14(2,12(17)15-9-6-10-19-3)13(18)16-11-7-4-5-8-11/h11H,4-10H2,1-3H3,(H,15,17)(H,16,18). The van der Waals surface area contributed by atoms with Gasteiger partial charge in [0, 0.05) is 26.3 Å². The maximum Gasteiger partial charge on any atom is 0.235 e. The van der Waals surface area contributed by atoms with E-state index in [0.29, 0.717) is 13.2 Å². The van der Waals surface area contributed by atoms with Crippen LogP contribution in [0.1, 0.15) is 46.0 Å². The highest BCUT2D eigenvalue weighted by atomic mass is 16.5. The molecule has 5 nitrogen and oxygen atoms in total. The number of carbonyl (C=O) groups excluding carboxylic acids is 2. The van der Waals surface area contributed by atoms with E-state index >= 15 is 0 Å². The van der Waals surface area contributed by atoms with Gasteiger partial charge in [0.25, 0.3) is 0 Å². The molecule has 0 heterocycles. The number of rotatable bonds is 7. The fraction of sp³-hybridized carbons (Fsp3) is 0.857. The number of methoxy groups -OCH3 is 1. The zero-order valence-electron chi connectivity index (χ0n) is 12.3. The minimum Gasteiger partial charge on any atom is -0.385 e. The molecule has 19 heavy (non-hydrogen) atoms. The lowest BCUT2D eigenvalue weighted by atomic mass is 9.90. The lowest BCUT2D eigenvalue weighted by Gasteiger charge is -2.25. The second-order valence-electron chi connectivity index (χ2n) is 5.68. The van der Waals surface area contributed by atoms with Crippen LogP contribution in [0, 0.1) is 5.41 Å². The summed E-state index contributed by atoms with van der Waals surface area (Å²) in [5.74, 6) is -0.400. The topological polar surface area (TPSA) is 67.4 Å². The van der Waals surface area contributed by atoms with Gasteiger partial charge in [-0.25, -0.2) is 0 Å². The Bertz CT molecular complexity index is 310. The maximum absolute atomic E-state index is 12.2. The van der Waals surface area contributed by atoms with Crippen LogP contribution in [0.15, 0.2) is 0 Å². The lowest BCUT2D eigenvalue weighted by molar-refractivity contribution is -0.141. The van der Waals surface area contributed by atoms with Gasteiger partial charge in [-0.05, 0) is 33.1 Å². The summed E-state index contributed by atoms with van der Waals surface area (Å²) >= 11 is 0. The van der Waals surface area contributed by atoms with Crippen LogP contribution in [0.3, 0.4) is 0 Å². The van der Waals surface area contributed by atoms with Gasteiger partial charge < -0.3 is 15.4 Å². The average molecular weight is 270 g/mol. The van der Waals surface area contributed by atoms with Gasteiger partial charge >= 0.3 is 0 Å². The highest BCUT2D eigenvalue weighted by Gasteiger charge is 2.37. The largest absolute Gasteiger partial charge is 0.385 e. The van der Waals surface area contributed by atoms with Gasteiger partial charge in [0.2, 0.25) is 11.8 Å². The molecule has 1 aliphatic rings. The van der Waals surface area contributed by atoms with E-state index in [0.717, 1.165) is 32.1 Å². The summed E-state index contributed by atoms with van der Waals surface area (Å²) in [6.07, 6.45) is 5.13. The quantitative estimate of drug-likeness (QED) is 0.540. The molecule has 0 spiro atoms. The molecule has 0 aliphatic heterocycles. The zero-order valence-corrected chi connectivity index (χ0v) is 12.3. The van der Waals surface area contributed by atoms with Crippen LogP contribution in [-0.2, 0) is 14.3 Å². The highest BCUT2D eigenvalue weighted by molar-refractivity contribution is 6.04. The lowest BCUT2D eigenvalue weighted by Crippen LogP contribution is -2.50. The number of carbonyl (C=O) groups is 2. The van der Waals surface area contributed by atoms with E-state index in [1.807, 2.05) is 0 Å². The Morgan fingerprint density at radius 2 is 1.84 bits per heavy atom. The van der Waals surface area contributed by atoms with E-state index in [2.05, 4.69) is 10.6 Å². The van der Waals surface area contributed by atoms with Gasteiger partial charge in [0.15, 0.2) is 0 Å². The Labute approximate surface area is 115 Å². The Balaban J connectivity index is 2.38. The summed E-state index contributed by atoms with van der Waals surface area (Å²) in [6.45, 7) is 4.48. The Kier molecular flexibility index (Phi) is 6.28. The molecule has 1 rings (SSSR count). The molecule has 2 N–H and O–H groups in total. The molecule has 2 amide bonds. The number of ether oxygens (including phenoxy) is 1. The summed E-state index contributed by atoms with van der Waals surface area (Å²) in [7, 11) is 1.63. The minimum atomic E-state index is -1.02. The Morgan fingerprint density at radius 3 is 2.42 bits per heavy atom. The van der Waals surface area contributed by atoms with Crippen molar-refractivity contribution in [3.63, 3.8) is 0 Å². The van der Waals surface area contributed by atoms with Gasteiger partial charge in [0.1, 0.15) is 5.41 Å². The first-order valence-corrected chi connectivity index (χ1v) is 7.06. The van der Waals surface area contributed by atoms with Gasteiger partial charge in [-0.3, -0.25) is 9.59 Å². The normalized spacial score (nSPS) is 16.4. The summed E-state index contributed by atoms with van der Waals surface area (Å²) in [5, 5.41) is 5.76. The third-order valence-electron chi connectivity index (χ3n) is 3.64. The molecule has 0 atom stereocenters. The number of hydrogen-bond donors (Lipinski definition) is 2. The monoisotopic (exact) mass is 270 g/mol. The predicted octanol–water partition coefficient (Wildman–Crippen LogP) is 1.22. The summed E-state index contributed by atoms with van der Waals surface area (Å²) in [5.41, 5.74) is -1.02. The first-order chi connectivity index (χ1) is 8.98. The van der Waals surface area contributed by atoms with Crippen molar-refractivity contribution in [1.82, 2.24) is 10.6 Å². The van der Waals surface area contributed by atoms with Crippen molar-refractivity contribution in [2.75, 3.05) is 20.3 Å². The molecule has 0 aromatic carbocycles.